The van der Waals surface area contributed by atoms with E-state index in [1.165, 1.54) is 18.7 Å². The van der Waals surface area contributed by atoms with Gasteiger partial charge in [0, 0.05) is 25.6 Å². The highest BCUT2D eigenvalue weighted by Crippen LogP contribution is 2.16. The number of hydrogen-bond donors (Lipinski definition) is 2. The van der Waals surface area contributed by atoms with E-state index in [0.29, 0.717) is 25.1 Å². The summed E-state index contributed by atoms with van der Waals surface area (Å²) in [6.07, 6.45) is 5.32. The monoisotopic (exact) mass is 379 g/mol. The Kier molecular flexibility index (Phi) is 11.4. The molecule has 2 N–H and O–H groups in total. The molecule has 0 saturated heterocycles. The van der Waals surface area contributed by atoms with Gasteiger partial charge >= 0.3 is 5.97 Å². The molecule has 5 nitrogen and oxygen atoms in total. The van der Waals surface area contributed by atoms with Crippen molar-refractivity contribution in [1.29, 1.82) is 0 Å². The molecule has 6 heteroatoms. The molecule has 144 valence electrons. The second-order valence-corrected chi connectivity index (χ2v) is 7.59. The van der Waals surface area contributed by atoms with E-state index in [4.69, 9.17) is 5.11 Å². The minimum absolute atomic E-state index is 0.00604. The zero-order valence-electron chi connectivity index (χ0n) is 15.4. The van der Waals surface area contributed by atoms with Crippen molar-refractivity contribution in [1.82, 2.24) is 5.32 Å². The number of hydrogen-bond acceptors (Lipinski definition) is 4. The molecule has 26 heavy (non-hydrogen) atoms. The van der Waals surface area contributed by atoms with Crippen molar-refractivity contribution in [2.75, 3.05) is 12.3 Å². The van der Waals surface area contributed by atoms with Gasteiger partial charge in [0.1, 0.15) is 0 Å². The quantitative estimate of drug-likeness (QED) is 0.511. The molecule has 0 bridgehead atoms. The fourth-order valence-electron chi connectivity index (χ4n) is 2.63. The number of aliphatic carboxylic acids is 1. The van der Waals surface area contributed by atoms with Crippen LogP contribution in [0.3, 0.4) is 0 Å². The smallest absolute Gasteiger partial charge is 0.303 e. The van der Waals surface area contributed by atoms with Gasteiger partial charge in [-0.3, -0.25) is 14.4 Å². The highest BCUT2D eigenvalue weighted by Gasteiger charge is 2.19. The minimum Gasteiger partial charge on any atom is -0.481 e. The van der Waals surface area contributed by atoms with Crippen LogP contribution in [0.2, 0.25) is 0 Å². The summed E-state index contributed by atoms with van der Waals surface area (Å²) in [5.41, 5.74) is 1.09. The van der Waals surface area contributed by atoms with Crippen LogP contribution in [0.4, 0.5) is 0 Å². The number of carboxylic acids is 1. The largest absolute Gasteiger partial charge is 0.481 e. The molecule has 0 aliphatic carbocycles. The van der Waals surface area contributed by atoms with Crippen LogP contribution in [-0.4, -0.2) is 34.4 Å². The predicted octanol–water partition coefficient (Wildman–Crippen LogP) is 3.67. The van der Waals surface area contributed by atoms with Crippen LogP contribution in [0.15, 0.2) is 30.3 Å². The van der Waals surface area contributed by atoms with Crippen molar-refractivity contribution >= 4 is 28.8 Å². The second kappa shape index (κ2) is 13.4. The van der Waals surface area contributed by atoms with Crippen molar-refractivity contribution in [2.24, 2.45) is 5.92 Å². The SMILES string of the molecule is CC(=O)SCC(Cc1ccccc1)C(=O)NCCCCCCCC(=O)O. The maximum Gasteiger partial charge on any atom is 0.303 e. The molecule has 1 rings (SSSR count). The lowest BCUT2D eigenvalue weighted by Crippen LogP contribution is -2.34. The lowest BCUT2D eigenvalue weighted by molar-refractivity contribution is -0.137. The van der Waals surface area contributed by atoms with Crippen LogP contribution in [0, 0.1) is 5.92 Å². The molecule has 1 aromatic carbocycles. The Morgan fingerprint density at radius 3 is 2.35 bits per heavy atom. The average molecular weight is 380 g/mol. The van der Waals surface area contributed by atoms with E-state index >= 15 is 0 Å². The third-order valence-corrected chi connectivity index (χ3v) is 5.03. The highest BCUT2D eigenvalue weighted by atomic mass is 32.2. The van der Waals surface area contributed by atoms with Gasteiger partial charge in [-0.15, -0.1) is 0 Å². The molecule has 0 aliphatic rings. The fourth-order valence-corrected chi connectivity index (χ4v) is 3.34. The zero-order valence-corrected chi connectivity index (χ0v) is 16.2. The van der Waals surface area contributed by atoms with Gasteiger partial charge in [0.15, 0.2) is 5.12 Å². The van der Waals surface area contributed by atoms with E-state index in [1.807, 2.05) is 30.3 Å². The molecule has 1 atom stereocenters. The number of thioether (sulfide) groups is 1. The Hall–Kier alpha value is -1.82. The molecule has 0 radical (unpaired) electrons. The molecule has 0 aliphatic heterocycles. The Balaban J connectivity index is 2.31. The van der Waals surface area contributed by atoms with E-state index in [1.54, 1.807) is 0 Å². The summed E-state index contributed by atoms with van der Waals surface area (Å²) in [6, 6.07) is 9.84. The maximum absolute atomic E-state index is 12.5. The van der Waals surface area contributed by atoms with Gasteiger partial charge in [-0.1, -0.05) is 61.4 Å². The molecule has 1 amide bonds. The number of carboxylic acid groups (broad SMARTS) is 1. The van der Waals surface area contributed by atoms with Crippen molar-refractivity contribution in [2.45, 2.75) is 51.9 Å². The first-order valence-electron chi connectivity index (χ1n) is 9.16. The van der Waals surface area contributed by atoms with Crippen LogP contribution in [0.25, 0.3) is 0 Å². The first-order chi connectivity index (χ1) is 12.5. The fraction of sp³-hybridized carbons (Fsp3) is 0.550. The second-order valence-electron chi connectivity index (χ2n) is 6.39. The number of amides is 1. The molecule has 1 aromatic rings. The van der Waals surface area contributed by atoms with E-state index in [0.717, 1.165) is 31.2 Å². The van der Waals surface area contributed by atoms with Crippen LogP contribution < -0.4 is 5.32 Å². The number of nitrogens with one attached hydrogen (secondary N) is 1. The van der Waals surface area contributed by atoms with Gasteiger partial charge in [-0.25, -0.2) is 0 Å². The summed E-state index contributed by atoms with van der Waals surface area (Å²) in [7, 11) is 0. The average Bonchev–Trinajstić information content (AvgIpc) is 2.61. The lowest BCUT2D eigenvalue weighted by Gasteiger charge is -2.16. The highest BCUT2D eigenvalue weighted by molar-refractivity contribution is 8.13. The number of benzene rings is 1. The molecule has 0 spiro atoms. The Morgan fingerprint density at radius 1 is 1.04 bits per heavy atom. The third kappa shape index (κ3) is 10.9. The maximum atomic E-state index is 12.5. The molecule has 0 fully saturated rings. The minimum atomic E-state index is -0.745. The summed E-state index contributed by atoms with van der Waals surface area (Å²) in [5, 5.41) is 11.6. The predicted molar refractivity (Wildman–Crippen MR) is 105 cm³/mol. The van der Waals surface area contributed by atoms with Gasteiger partial charge in [-0.2, -0.15) is 0 Å². The number of unbranched alkanes of at least 4 members (excludes halogenated alkanes) is 4. The van der Waals surface area contributed by atoms with E-state index in [-0.39, 0.29) is 23.4 Å². The van der Waals surface area contributed by atoms with Gasteiger partial charge < -0.3 is 10.4 Å². The summed E-state index contributed by atoms with van der Waals surface area (Å²) in [6.45, 7) is 2.14. The number of rotatable bonds is 13. The van der Waals surface area contributed by atoms with Crippen LogP contribution in [-0.2, 0) is 20.8 Å². The first-order valence-corrected chi connectivity index (χ1v) is 10.1. The number of carbonyl (C=O) groups excluding carboxylic acids is 2. The molecular formula is C20H29NO4S. The van der Waals surface area contributed by atoms with Gasteiger partial charge in [0.05, 0.1) is 5.92 Å². The molecule has 0 aromatic heterocycles. The lowest BCUT2D eigenvalue weighted by atomic mass is 10.00. The topological polar surface area (TPSA) is 83.5 Å². The van der Waals surface area contributed by atoms with Crippen molar-refractivity contribution in [3.8, 4) is 0 Å². The normalized spacial score (nSPS) is 11.7. The standard InChI is InChI=1S/C20H29NO4S/c1-16(22)26-15-18(14-17-10-6-5-7-11-17)20(25)21-13-9-4-2-3-8-12-19(23)24/h5-7,10-11,18H,2-4,8-9,12-15H2,1H3,(H,21,25)(H,23,24). The van der Waals surface area contributed by atoms with E-state index < -0.39 is 5.97 Å². The number of carbonyl (C=O) groups is 3. The first kappa shape index (κ1) is 22.2. The summed E-state index contributed by atoms with van der Waals surface area (Å²) in [5.74, 6) is -0.480. The van der Waals surface area contributed by atoms with Gasteiger partial charge in [-0.05, 0) is 24.8 Å². The molecule has 0 saturated carbocycles. The van der Waals surface area contributed by atoms with Gasteiger partial charge in [0.2, 0.25) is 5.91 Å². The van der Waals surface area contributed by atoms with Crippen molar-refractivity contribution in [3.05, 3.63) is 35.9 Å². The van der Waals surface area contributed by atoms with Crippen LogP contribution in [0.5, 0.6) is 0 Å². The van der Waals surface area contributed by atoms with E-state index in [9.17, 15) is 14.4 Å². The molecular weight excluding hydrogens is 350 g/mol. The molecule has 0 heterocycles. The Morgan fingerprint density at radius 2 is 1.69 bits per heavy atom. The zero-order chi connectivity index (χ0) is 19.2. The van der Waals surface area contributed by atoms with Crippen molar-refractivity contribution < 1.29 is 19.5 Å². The van der Waals surface area contributed by atoms with Crippen molar-refractivity contribution in [3.63, 3.8) is 0 Å². The Labute approximate surface area is 159 Å². The summed E-state index contributed by atoms with van der Waals surface area (Å²) >= 11 is 1.19. The third-order valence-electron chi connectivity index (χ3n) is 4.05. The summed E-state index contributed by atoms with van der Waals surface area (Å²) in [4.78, 5) is 34.1. The molecule has 1 unspecified atom stereocenters. The van der Waals surface area contributed by atoms with Gasteiger partial charge in [0.25, 0.3) is 0 Å². The van der Waals surface area contributed by atoms with E-state index in [2.05, 4.69) is 5.32 Å². The Bertz CT molecular complexity index is 562. The summed E-state index contributed by atoms with van der Waals surface area (Å²) < 4.78 is 0. The van der Waals surface area contributed by atoms with Crippen LogP contribution >= 0.6 is 11.8 Å². The van der Waals surface area contributed by atoms with Crippen LogP contribution in [0.1, 0.15) is 51.0 Å².